The van der Waals surface area contributed by atoms with Crippen LogP contribution in [-0.4, -0.2) is 74.7 Å². The molecule has 8 nitrogen and oxygen atoms in total. The Kier molecular flexibility index (Phi) is 5.59. The van der Waals surface area contributed by atoms with Crippen LogP contribution in [0.25, 0.3) is 21.5 Å². The van der Waals surface area contributed by atoms with E-state index < -0.39 is 0 Å². The molecule has 2 bridgehead atoms. The first-order valence-electron chi connectivity index (χ1n) is 9.63. The molecule has 0 aliphatic carbocycles. The van der Waals surface area contributed by atoms with Crippen LogP contribution in [0.4, 0.5) is 0 Å². The second kappa shape index (κ2) is 8.30. The number of aryl methyl sites for hydroxylation is 1. The number of hydrogen-bond donors (Lipinski definition) is 2. The number of aromatic amines is 1. The third-order valence-corrected chi connectivity index (χ3v) is 6.51. The molecule has 0 atom stereocenters. The minimum atomic E-state index is -0.250. The van der Waals surface area contributed by atoms with Gasteiger partial charge in [-0.3, -0.25) is 14.7 Å². The van der Waals surface area contributed by atoms with Gasteiger partial charge in [-0.2, -0.15) is 5.10 Å². The molecular weight excluding hydrogens is 390 g/mol. The summed E-state index contributed by atoms with van der Waals surface area (Å²) in [6.07, 6.45) is 4.02. The second-order valence-corrected chi connectivity index (χ2v) is 8.52. The van der Waals surface area contributed by atoms with E-state index in [9.17, 15) is 4.79 Å². The number of thiazole rings is 1. The average Bonchev–Trinajstić information content (AvgIpc) is 3.23. The monoisotopic (exact) mass is 413 g/mol. The number of fused-ring (bicyclic) bond motifs is 5. The summed E-state index contributed by atoms with van der Waals surface area (Å²) < 4.78 is 0. The lowest BCUT2D eigenvalue weighted by Gasteiger charge is -2.31. The fraction of sp³-hybridized carbons (Fsp3) is 0.400. The van der Waals surface area contributed by atoms with Crippen LogP contribution in [0.1, 0.15) is 28.2 Å². The van der Waals surface area contributed by atoms with Gasteiger partial charge in [0.05, 0.1) is 5.52 Å². The van der Waals surface area contributed by atoms with Crippen molar-refractivity contribution in [2.45, 2.75) is 25.8 Å². The van der Waals surface area contributed by atoms with Gasteiger partial charge in [0.15, 0.2) is 5.69 Å². The predicted octanol–water partition coefficient (Wildman–Crippen LogP) is 2.62. The van der Waals surface area contributed by atoms with Gasteiger partial charge >= 0.3 is 0 Å². The van der Waals surface area contributed by atoms with Gasteiger partial charge in [-0.1, -0.05) is 0 Å². The summed E-state index contributed by atoms with van der Waals surface area (Å²) in [5.41, 5.74) is 2.47. The summed E-state index contributed by atoms with van der Waals surface area (Å²) >= 11 is 1.66. The highest BCUT2D eigenvalue weighted by molar-refractivity contribution is 7.14. The van der Waals surface area contributed by atoms with Crippen molar-refractivity contribution in [1.82, 2.24) is 25.0 Å². The zero-order chi connectivity index (χ0) is 20.4. The van der Waals surface area contributed by atoms with Crippen molar-refractivity contribution in [3.05, 3.63) is 35.0 Å². The highest BCUT2D eigenvalue weighted by atomic mass is 32.1. The maximum Gasteiger partial charge on any atom is 0.290 e. The molecule has 152 valence electrons. The van der Waals surface area contributed by atoms with Crippen LogP contribution in [0, 0.1) is 6.92 Å². The molecule has 2 aromatic heterocycles. The van der Waals surface area contributed by atoms with Crippen molar-refractivity contribution in [2.24, 2.45) is 0 Å². The minimum absolute atomic E-state index is 0.0532. The smallest absolute Gasteiger partial charge is 0.290 e. The molecule has 3 aromatic rings. The van der Waals surface area contributed by atoms with Gasteiger partial charge in [0.2, 0.25) is 0 Å². The summed E-state index contributed by atoms with van der Waals surface area (Å²) in [6, 6.07) is 6.42. The number of piperidine rings is 1. The number of carbonyl (C=O) groups is 2. The third-order valence-electron chi connectivity index (χ3n) is 5.55. The van der Waals surface area contributed by atoms with Crippen LogP contribution in [-0.2, 0) is 4.79 Å². The number of carbonyl (C=O) groups excluding carboxylic acids is 1. The molecule has 29 heavy (non-hydrogen) atoms. The predicted molar refractivity (Wildman–Crippen MR) is 111 cm³/mol. The summed E-state index contributed by atoms with van der Waals surface area (Å²) in [7, 11) is 0. The van der Waals surface area contributed by atoms with Crippen molar-refractivity contribution in [2.75, 3.05) is 26.2 Å². The van der Waals surface area contributed by atoms with Gasteiger partial charge in [-0.05, 0) is 38.0 Å². The van der Waals surface area contributed by atoms with E-state index in [1.165, 1.54) is 4.88 Å². The largest absolute Gasteiger partial charge is 0.483 e. The first kappa shape index (κ1) is 19.5. The normalized spacial score (nSPS) is 20.8. The Morgan fingerprint density at radius 1 is 1.28 bits per heavy atom. The lowest BCUT2D eigenvalue weighted by Crippen LogP contribution is -2.41. The number of nitrogens with zero attached hydrogens (tertiary/aromatic N) is 4. The number of nitrogens with one attached hydrogen (secondary N) is 1. The molecule has 2 N–H and O–H groups in total. The number of rotatable bonds is 2. The maximum atomic E-state index is 13.3. The molecule has 9 heteroatoms. The zero-order valence-corrected chi connectivity index (χ0v) is 17.0. The number of hydrogen-bond acceptors (Lipinski definition) is 6. The maximum absolute atomic E-state index is 13.3. The van der Waals surface area contributed by atoms with E-state index in [1.54, 1.807) is 11.3 Å². The van der Waals surface area contributed by atoms with Crippen LogP contribution in [0.5, 0.6) is 0 Å². The molecule has 6 rings (SSSR count). The molecule has 1 aromatic carbocycles. The first-order valence-corrected chi connectivity index (χ1v) is 10.4. The van der Waals surface area contributed by atoms with Gasteiger partial charge in [0.25, 0.3) is 12.4 Å². The van der Waals surface area contributed by atoms with E-state index in [2.05, 4.69) is 27.0 Å². The van der Waals surface area contributed by atoms with Gasteiger partial charge in [0.1, 0.15) is 5.01 Å². The summed E-state index contributed by atoms with van der Waals surface area (Å²) in [5.74, 6) is 0.0532. The summed E-state index contributed by atoms with van der Waals surface area (Å²) in [6.45, 7) is 5.76. The van der Waals surface area contributed by atoms with Crippen LogP contribution in [0.2, 0.25) is 0 Å². The molecule has 0 radical (unpaired) electrons. The Bertz CT molecular complexity index is 1020. The number of benzene rings is 1. The zero-order valence-electron chi connectivity index (χ0n) is 16.2. The van der Waals surface area contributed by atoms with Crippen molar-refractivity contribution in [3.63, 3.8) is 0 Å². The van der Waals surface area contributed by atoms with Crippen molar-refractivity contribution >= 4 is 34.6 Å². The number of aromatic nitrogens is 3. The SMILES string of the molecule is Cc1cnc(-c2ccc3[nH]nc(C(=O)N4CCN5CCC4CC5)c3c2)s1.O=CO. The van der Waals surface area contributed by atoms with Gasteiger partial charge in [0, 0.05) is 54.2 Å². The van der Waals surface area contributed by atoms with E-state index >= 15 is 0 Å². The Labute approximate surface area is 172 Å². The van der Waals surface area contributed by atoms with E-state index in [0.29, 0.717) is 11.7 Å². The highest BCUT2D eigenvalue weighted by Crippen LogP contribution is 2.30. The molecule has 3 aliphatic heterocycles. The van der Waals surface area contributed by atoms with Crippen LogP contribution < -0.4 is 0 Å². The van der Waals surface area contributed by atoms with E-state index in [-0.39, 0.29) is 12.4 Å². The van der Waals surface area contributed by atoms with Crippen LogP contribution >= 0.6 is 11.3 Å². The van der Waals surface area contributed by atoms with E-state index in [0.717, 1.165) is 60.5 Å². The summed E-state index contributed by atoms with van der Waals surface area (Å²) in [4.78, 5) is 31.8. The molecule has 3 saturated heterocycles. The van der Waals surface area contributed by atoms with Crippen LogP contribution in [0.3, 0.4) is 0 Å². The Hall–Kier alpha value is -2.78. The summed E-state index contributed by atoms with van der Waals surface area (Å²) in [5, 5.41) is 16.2. The molecule has 0 unspecified atom stereocenters. The van der Waals surface area contributed by atoms with Crippen molar-refractivity contribution in [3.8, 4) is 10.6 Å². The quantitative estimate of drug-likeness (QED) is 0.626. The number of amides is 1. The number of carboxylic acid groups (broad SMARTS) is 1. The average molecular weight is 414 g/mol. The van der Waals surface area contributed by atoms with Crippen molar-refractivity contribution < 1.29 is 14.7 Å². The molecule has 1 amide bonds. The lowest BCUT2D eigenvalue weighted by molar-refractivity contribution is -0.122. The van der Waals surface area contributed by atoms with E-state index in [4.69, 9.17) is 9.90 Å². The molecular formula is C20H23N5O3S. The second-order valence-electron chi connectivity index (χ2n) is 7.29. The van der Waals surface area contributed by atoms with Crippen molar-refractivity contribution in [1.29, 1.82) is 0 Å². The van der Waals surface area contributed by atoms with Gasteiger partial charge in [-0.25, -0.2) is 4.98 Å². The highest BCUT2D eigenvalue weighted by Gasteiger charge is 2.33. The first-order chi connectivity index (χ1) is 14.1. The molecule has 3 fully saturated rings. The fourth-order valence-corrected chi connectivity index (χ4v) is 4.85. The standard InChI is InChI=1S/C19H21N5OS.CH2O2/c1-12-11-20-18(26-12)13-2-3-16-15(10-13)17(22-21-16)19(25)24-9-8-23-6-4-14(24)5-7-23;2-1-3/h2-3,10-11,14H,4-9H2,1H3,(H,21,22);1H,(H,2,3). The molecule has 3 aliphatic rings. The molecule has 0 saturated carbocycles. The fourth-order valence-electron chi connectivity index (χ4n) is 4.09. The topological polar surface area (TPSA) is 102 Å². The van der Waals surface area contributed by atoms with E-state index in [1.807, 2.05) is 29.3 Å². The Morgan fingerprint density at radius 3 is 2.72 bits per heavy atom. The third kappa shape index (κ3) is 3.88. The van der Waals surface area contributed by atoms with Gasteiger partial charge < -0.3 is 14.9 Å². The lowest BCUT2D eigenvalue weighted by atomic mass is 10.0. The minimum Gasteiger partial charge on any atom is -0.483 e. The van der Waals surface area contributed by atoms with Gasteiger partial charge in [-0.15, -0.1) is 11.3 Å². The van der Waals surface area contributed by atoms with Crippen LogP contribution in [0.15, 0.2) is 24.4 Å². The molecule has 5 heterocycles. The Morgan fingerprint density at radius 2 is 2.03 bits per heavy atom. The Balaban J connectivity index is 0.000000645. The molecule has 0 spiro atoms. The number of H-pyrrole nitrogens is 1.